The van der Waals surface area contributed by atoms with Crippen LogP contribution in [0, 0.1) is 0 Å². The summed E-state index contributed by atoms with van der Waals surface area (Å²) >= 11 is 0. The van der Waals surface area contributed by atoms with Gasteiger partial charge in [-0.1, -0.05) is 36.9 Å². The van der Waals surface area contributed by atoms with Crippen molar-refractivity contribution in [2.24, 2.45) is 0 Å². The molecule has 2 atom stereocenters. The molecule has 2 aromatic carbocycles. The van der Waals surface area contributed by atoms with Gasteiger partial charge in [0.1, 0.15) is 25.0 Å². The van der Waals surface area contributed by atoms with E-state index in [4.69, 9.17) is 12.2 Å². The Kier molecular flexibility index (Phi) is 5.42. The van der Waals surface area contributed by atoms with Crippen molar-refractivity contribution in [1.29, 1.82) is 0 Å². The van der Waals surface area contributed by atoms with Crippen LogP contribution < -0.4 is 10.1 Å². The first-order chi connectivity index (χ1) is 17.3. The minimum Gasteiger partial charge on any atom is -0.489 e. The van der Waals surface area contributed by atoms with Crippen molar-refractivity contribution in [3.05, 3.63) is 77.0 Å². The van der Waals surface area contributed by atoms with E-state index in [2.05, 4.69) is 11.9 Å². The predicted octanol–water partition coefficient (Wildman–Crippen LogP) is 2.37. The third-order valence-corrected chi connectivity index (χ3v) is 6.32. The summed E-state index contributed by atoms with van der Waals surface area (Å²) in [4.78, 5) is 40.7. The Morgan fingerprint density at radius 2 is 2.06 bits per heavy atom. The van der Waals surface area contributed by atoms with Gasteiger partial charge in [-0.2, -0.15) is 0 Å². The lowest BCUT2D eigenvalue weighted by Crippen LogP contribution is -2.49. The van der Waals surface area contributed by atoms with E-state index in [1.807, 2.05) is 0 Å². The Morgan fingerprint density at radius 1 is 1.21 bits per heavy atom. The SMILES string of the molecule is [2H]c1cc(C([2H])Oc2cccc3c2CN(C2CCC(=C)NC2=O)C3=O)ccc1CN1CCOCC1=O. The molecule has 3 aliphatic rings. The molecule has 8 nitrogen and oxygen atoms in total. The van der Waals surface area contributed by atoms with Crippen LogP contribution >= 0.6 is 0 Å². The van der Waals surface area contributed by atoms with Gasteiger partial charge in [-0.05, 0) is 36.1 Å². The molecule has 0 aromatic heterocycles. The fraction of sp³-hybridized carbons (Fsp3) is 0.346. The van der Waals surface area contributed by atoms with E-state index in [0.29, 0.717) is 66.2 Å². The number of carbonyl (C=O) groups is 3. The van der Waals surface area contributed by atoms with Gasteiger partial charge in [0.2, 0.25) is 11.8 Å². The van der Waals surface area contributed by atoms with Crippen molar-refractivity contribution in [3.63, 3.8) is 0 Å². The topological polar surface area (TPSA) is 88.2 Å². The number of hydrogen-bond donors (Lipinski definition) is 1. The summed E-state index contributed by atoms with van der Waals surface area (Å²) < 4.78 is 28.0. The zero-order valence-electron chi connectivity index (χ0n) is 20.7. The molecule has 0 saturated carbocycles. The number of nitrogens with one attached hydrogen (secondary N) is 1. The average Bonchev–Trinajstić information content (AvgIpc) is 3.19. The third kappa shape index (κ3) is 4.41. The molecule has 2 saturated heterocycles. The molecule has 0 bridgehead atoms. The van der Waals surface area contributed by atoms with Gasteiger partial charge in [-0.3, -0.25) is 14.4 Å². The average molecular weight is 464 g/mol. The van der Waals surface area contributed by atoms with Crippen LogP contribution in [0.25, 0.3) is 0 Å². The highest BCUT2D eigenvalue weighted by Crippen LogP contribution is 2.34. The highest BCUT2D eigenvalue weighted by Gasteiger charge is 2.39. The monoisotopic (exact) mass is 463 g/mol. The van der Waals surface area contributed by atoms with Crippen LogP contribution in [-0.2, 0) is 34.0 Å². The van der Waals surface area contributed by atoms with Crippen LogP contribution in [0.1, 0.15) is 42.6 Å². The van der Waals surface area contributed by atoms with Crippen molar-refractivity contribution in [2.75, 3.05) is 19.8 Å². The van der Waals surface area contributed by atoms with E-state index >= 15 is 0 Å². The molecule has 3 amide bonds. The fourth-order valence-electron chi connectivity index (χ4n) is 4.44. The minimum absolute atomic E-state index is 0.0517. The van der Waals surface area contributed by atoms with Gasteiger partial charge < -0.3 is 24.6 Å². The van der Waals surface area contributed by atoms with E-state index in [9.17, 15) is 14.4 Å². The Hall–Kier alpha value is -3.65. The first-order valence-corrected chi connectivity index (χ1v) is 11.3. The number of ether oxygens (including phenoxy) is 2. The number of hydrogen-bond acceptors (Lipinski definition) is 5. The fourth-order valence-corrected chi connectivity index (χ4v) is 4.44. The zero-order chi connectivity index (χ0) is 25.4. The summed E-state index contributed by atoms with van der Waals surface area (Å²) in [7, 11) is 0. The van der Waals surface area contributed by atoms with Gasteiger partial charge >= 0.3 is 0 Å². The van der Waals surface area contributed by atoms with Crippen LogP contribution in [0.3, 0.4) is 0 Å². The van der Waals surface area contributed by atoms with Crippen LogP contribution in [0.4, 0.5) is 0 Å². The molecular weight excluding hydrogens is 434 g/mol. The molecule has 34 heavy (non-hydrogen) atoms. The first kappa shape index (κ1) is 19.8. The maximum Gasteiger partial charge on any atom is 0.255 e. The Balaban J connectivity index is 1.30. The summed E-state index contributed by atoms with van der Waals surface area (Å²) in [6, 6.07) is 9.77. The largest absolute Gasteiger partial charge is 0.489 e. The van der Waals surface area contributed by atoms with Crippen molar-refractivity contribution in [2.45, 2.75) is 38.6 Å². The Labute approximate surface area is 200 Å². The molecule has 2 aromatic rings. The first-order valence-electron chi connectivity index (χ1n) is 12.3. The van der Waals surface area contributed by atoms with Crippen LogP contribution in [0.15, 0.2) is 54.7 Å². The van der Waals surface area contributed by atoms with E-state index in [1.54, 1.807) is 46.2 Å². The number of rotatable bonds is 6. The molecule has 176 valence electrons. The lowest BCUT2D eigenvalue weighted by molar-refractivity contribution is -0.143. The second-order valence-electron chi connectivity index (χ2n) is 8.61. The number of amides is 3. The molecule has 5 rings (SSSR count). The number of allylic oxidation sites excluding steroid dienone is 1. The molecule has 3 heterocycles. The number of morpholine rings is 1. The quantitative estimate of drug-likeness (QED) is 0.711. The molecule has 0 aliphatic carbocycles. The van der Waals surface area contributed by atoms with Gasteiger partial charge in [0.15, 0.2) is 0 Å². The number of piperidine rings is 1. The summed E-state index contributed by atoms with van der Waals surface area (Å²) in [6.07, 6.45) is 1.12. The van der Waals surface area contributed by atoms with Gasteiger partial charge in [-0.25, -0.2) is 0 Å². The predicted molar refractivity (Wildman–Crippen MR) is 124 cm³/mol. The lowest BCUT2D eigenvalue weighted by Gasteiger charge is -2.31. The van der Waals surface area contributed by atoms with Gasteiger partial charge in [-0.15, -0.1) is 0 Å². The number of carbonyl (C=O) groups excluding carboxylic acids is 3. The van der Waals surface area contributed by atoms with Crippen LogP contribution in [0.5, 0.6) is 5.75 Å². The summed E-state index contributed by atoms with van der Waals surface area (Å²) in [5.74, 6) is -0.183. The molecule has 1 N–H and O–H groups in total. The van der Waals surface area contributed by atoms with Gasteiger partial charge in [0.05, 0.1) is 15.9 Å². The second kappa shape index (κ2) is 9.30. The van der Waals surface area contributed by atoms with Crippen molar-refractivity contribution in [3.8, 4) is 5.75 Å². The van der Waals surface area contributed by atoms with E-state index in [0.717, 1.165) is 0 Å². The van der Waals surface area contributed by atoms with Gasteiger partial charge in [0, 0.05) is 29.9 Å². The highest BCUT2D eigenvalue weighted by molar-refractivity contribution is 6.02. The molecule has 0 radical (unpaired) electrons. The number of nitrogens with zero attached hydrogens (tertiary/aromatic N) is 2. The standard InChI is InChI=1S/C26H27N3O5/c1-17-5-10-22(25(31)27-17)29-14-21-20(26(29)32)3-2-4-23(21)34-15-19-8-6-18(7-9-19)13-28-11-12-33-16-24(28)30/h2-4,6-9,22H,1,5,10-16H2,(H,27,31)/i6D,15D. The molecule has 0 spiro atoms. The maximum absolute atomic E-state index is 13.1. The van der Waals surface area contributed by atoms with Crippen LogP contribution in [-0.4, -0.2) is 53.3 Å². The van der Waals surface area contributed by atoms with Crippen LogP contribution in [0.2, 0.25) is 0 Å². The summed E-state index contributed by atoms with van der Waals surface area (Å²) in [5.41, 5.74) is 2.92. The Morgan fingerprint density at radius 3 is 2.85 bits per heavy atom. The molecular formula is C26H27N3O5. The molecule has 2 fully saturated rings. The van der Waals surface area contributed by atoms with Crippen molar-refractivity contribution in [1.82, 2.24) is 15.1 Å². The number of fused-ring (bicyclic) bond motifs is 1. The third-order valence-electron chi connectivity index (χ3n) is 6.32. The van der Waals surface area contributed by atoms with E-state index in [1.165, 1.54) is 0 Å². The Bertz CT molecular complexity index is 1250. The van der Waals surface area contributed by atoms with E-state index < -0.39 is 12.6 Å². The summed E-state index contributed by atoms with van der Waals surface area (Å²) in [6.45, 7) is 4.22. The van der Waals surface area contributed by atoms with E-state index in [-0.39, 0.29) is 36.9 Å². The number of benzene rings is 2. The maximum atomic E-state index is 13.1. The highest BCUT2D eigenvalue weighted by atomic mass is 16.5. The smallest absolute Gasteiger partial charge is 0.255 e. The normalized spacial score (nSPS) is 22.2. The molecule has 2 unspecified atom stereocenters. The minimum atomic E-state index is -1.12. The zero-order valence-corrected chi connectivity index (χ0v) is 18.7. The van der Waals surface area contributed by atoms with Gasteiger partial charge in [0.25, 0.3) is 5.91 Å². The molecule has 8 heteroatoms. The second-order valence-corrected chi connectivity index (χ2v) is 8.61. The lowest BCUT2D eigenvalue weighted by atomic mass is 10.0. The van der Waals surface area contributed by atoms with Crippen molar-refractivity contribution >= 4 is 17.7 Å². The molecule has 3 aliphatic heterocycles. The summed E-state index contributed by atoms with van der Waals surface area (Å²) in [5, 5.41) is 2.73. The van der Waals surface area contributed by atoms with Crippen molar-refractivity contribution < 1.29 is 26.6 Å².